The normalized spacial score (nSPS) is 24.6. The minimum Gasteiger partial charge on any atom is -0.506 e. The van der Waals surface area contributed by atoms with E-state index >= 15 is 0 Å². The second kappa shape index (κ2) is 10.1. The van der Waals surface area contributed by atoms with Gasteiger partial charge in [-0.05, 0) is 70.2 Å². The highest BCUT2D eigenvalue weighted by atomic mass is 16.5. The van der Waals surface area contributed by atoms with Crippen LogP contribution in [0.1, 0.15) is 53.0 Å². The summed E-state index contributed by atoms with van der Waals surface area (Å²) < 4.78 is 5.77. The van der Waals surface area contributed by atoms with Gasteiger partial charge in [0.25, 0.3) is 0 Å². The number of phenolic OH excluding ortho intramolecular Hbond substituents is 1. The quantitative estimate of drug-likeness (QED) is 0.338. The van der Waals surface area contributed by atoms with Crippen molar-refractivity contribution >= 4 is 11.7 Å². The number of nitrogens with zero attached hydrogens (tertiary/aromatic N) is 1. The standard InChI is InChI=1S/C24H34N4O4/c1-6-14(3)10-15(4)11-18(7-2)28-23(30)26-22(27-24(28)31)25-19-12-17-9-8-16(5)32-21(17)13-20(19)29/h7,10-13,16,22-23,25-26,29-30H,6,8-9H2,1-5H3,(H,27,31)/b14-10+,15-11-,18-7+. The van der Waals surface area contributed by atoms with Crippen molar-refractivity contribution < 1.29 is 19.7 Å². The van der Waals surface area contributed by atoms with E-state index in [1.165, 1.54) is 10.5 Å². The molecular weight excluding hydrogens is 408 g/mol. The SMILES string of the molecule is C\C=C(/C=C(C)\C=C(/C)CC)N1C(=O)NC(Nc2cc3c(cc2O)OC(C)CC3)NC1O. The molecule has 2 heterocycles. The lowest BCUT2D eigenvalue weighted by Gasteiger charge is -2.39. The van der Waals surface area contributed by atoms with Gasteiger partial charge in [-0.2, -0.15) is 0 Å². The summed E-state index contributed by atoms with van der Waals surface area (Å²) in [5.74, 6) is 0.683. The van der Waals surface area contributed by atoms with Crippen molar-refractivity contribution in [1.82, 2.24) is 15.5 Å². The van der Waals surface area contributed by atoms with Crippen LogP contribution < -0.4 is 20.7 Å². The van der Waals surface area contributed by atoms with Crippen LogP contribution in [0.5, 0.6) is 11.5 Å². The molecule has 1 fully saturated rings. The summed E-state index contributed by atoms with van der Waals surface area (Å²) in [6.45, 7) is 9.90. The largest absolute Gasteiger partial charge is 0.506 e. The summed E-state index contributed by atoms with van der Waals surface area (Å²) in [6, 6.07) is 2.93. The van der Waals surface area contributed by atoms with Crippen LogP contribution in [0.25, 0.3) is 0 Å². The molecule has 0 aliphatic carbocycles. The van der Waals surface area contributed by atoms with Gasteiger partial charge in [0.15, 0.2) is 12.6 Å². The first-order valence-electron chi connectivity index (χ1n) is 11.1. The van der Waals surface area contributed by atoms with Crippen molar-refractivity contribution in [1.29, 1.82) is 0 Å². The van der Waals surface area contributed by atoms with E-state index in [1.54, 1.807) is 12.1 Å². The molecule has 1 aromatic rings. The molecule has 3 atom stereocenters. The van der Waals surface area contributed by atoms with E-state index in [4.69, 9.17) is 4.74 Å². The third-order valence-electron chi connectivity index (χ3n) is 5.66. The molecule has 2 aliphatic heterocycles. The fourth-order valence-corrected chi connectivity index (χ4v) is 3.79. The van der Waals surface area contributed by atoms with Gasteiger partial charge >= 0.3 is 6.03 Å². The van der Waals surface area contributed by atoms with Crippen LogP contribution >= 0.6 is 0 Å². The number of aryl methyl sites for hydroxylation is 1. The van der Waals surface area contributed by atoms with Gasteiger partial charge in [0.05, 0.1) is 11.8 Å². The maximum absolute atomic E-state index is 12.8. The van der Waals surface area contributed by atoms with E-state index in [-0.39, 0.29) is 11.9 Å². The highest BCUT2D eigenvalue weighted by Crippen LogP contribution is 2.36. The number of carbonyl (C=O) groups excluding carboxylic acids is 1. The van der Waals surface area contributed by atoms with Crippen molar-refractivity contribution in [3.05, 3.63) is 52.8 Å². The summed E-state index contributed by atoms with van der Waals surface area (Å²) in [5.41, 5.74) is 4.21. The predicted octanol–water partition coefficient (Wildman–Crippen LogP) is 3.90. The molecule has 5 N–H and O–H groups in total. The fraction of sp³-hybridized carbons (Fsp3) is 0.458. The summed E-state index contributed by atoms with van der Waals surface area (Å²) in [7, 11) is 0. The van der Waals surface area contributed by atoms with Crippen LogP contribution in [0.2, 0.25) is 0 Å². The Labute approximate surface area is 189 Å². The third kappa shape index (κ3) is 5.44. The molecule has 2 amide bonds. The van der Waals surface area contributed by atoms with E-state index in [9.17, 15) is 15.0 Å². The van der Waals surface area contributed by atoms with Crippen LogP contribution in [0.4, 0.5) is 10.5 Å². The Morgan fingerprint density at radius 2 is 2.09 bits per heavy atom. The molecule has 0 radical (unpaired) electrons. The number of nitrogens with one attached hydrogen (secondary N) is 3. The number of anilines is 1. The first-order valence-corrected chi connectivity index (χ1v) is 11.1. The van der Waals surface area contributed by atoms with Crippen molar-refractivity contribution in [2.24, 2.45) is 0 Å². The highest BCUT2D eigenvalue weighted by Gasteiger charge is 2.33. The number of allylic oxidation sites excluding steroid dienone is 5. The average Bonchev–Trinajstić information content (AvgIpc) is 2.73. The van der Waals surface area contributed by atoms with Gasteiger partial charge in [-0.25, -0.2) is 10.1 Å². The minimum atomic E-state index is -1.25. The van der Waals surface area contributed by atoms with Crippen molar-refractivity contribution in [3.63, 3.8) is 0 Å². The number of aliphatic hydroxyl groups excluding tert-OH is 1. The zero-order valence-corrected chi connectivity index (χ0v) is 19.4. The van der Waals surface area contributed by atoms with Gasteiger partial charge in [0, 0.05) is 11.8 Å². The molecular formula is C24H34N4O4. The first kappa shape index (κ1) is 23.7. The molecule has 0 saturated carbocycles. The number of fused-ring (bicyclic) bond motifs is 1. The van der Waals surface area contributed by atoms with Gasteiger partial charge in [-0.1, -0.05) is 24.6 Å². The Hall–Kier alpha value is -2.97. The predicted molar refractivity (Wildman–Crippen MR) is 125 cm³/mol. The molecule has 3 unspecified atom stereocenters. The lowest BCUT2D eigenvalue weighted by atomic mass is 10.0. The number of amides is 2. The number of ether oxygens (including phenoxy) is 1. The molecule has 8 heteroatoms. The zero-order valence-electron chi connectivity index (χ0n) is 19.4. The summed E-state index contributed by atoms with van der Waals surface area (Å²) >= 11 is 0. The smallest absolute Gasteiger partial charge is 0.327 e. The number of benzene rings is 1. The van der Waals surface area contributed by atoms with Crippen LogP contribution in [0.3, 0.4) is 0 Å². The molecule has 32 heavy (non-hydrogen) atoms. The van der Waals surface area contributed by atoms with E-state index in [2.05, 4.69) is 35.9 Å². The first-order chi connectivity index (χ1) is 15.2. The van der Waals surface area contributed by atoms with Crippen LogP contribution in [0, 0.1) is 0 Å². The van der Waals surface area contributed by atoms with E-state index in [0.717, 1.165) is 30.4 Å². The summed E-state index contributed by atoms with van der Waals surface area (Å²) in [4.78, 5) is 14.1. The lowest BCUT2D eigenvalue weighted by Crippen LogP contribution is -2.67. The Kier molecular flexibility index (Phi) is 7.48. The second-order valence-electron chi connectivity index (χ2n) is 8.33. The van der Waals surface area contributed by atoms with Gasteiger partial charge in [0.1, 0.15) is 11.5 Å². The van der Waals surface area contributed by atoms with Crippen molar-refractivity contribution in [2.75, 3.05) is 5.32 Å². The van der Waals surface area contributed by atoms with Crippen LogP contribution in [-0.4, -0.2) is 39.9 Å². The number of urea groups is 1. The topological polar surface area (TPSA) is 106 Å². The number of hydrogen-bond acceptors (Lipinski definition) is 6. The van der Waals surface area contributed by atoms with Gasteiger partial charge in [-0.15, -0.1) is 0 Å². The number of aliphatic hydroxyl groups is 1. The molecule has 8 nitrogen and oxygen atoms in total. The number of hydrogen-bond donors (Lipinski definition) is 5. The monoisotopic (exact) mass is 442 g/mol. The van der Waals surface area contributed by atoms with E-state index in [0.29, 0.717) is 17.1 Å². The number of phenols is 1. The maximum Gasteiger partial charge on any atom is 0.327 e. The fourth-order valence-electron chi connectivity index (χ4n) is 3.79. The number of carbonyl (C=O) groups is 1. The van der Waals surface area contributed by atoms with Crippen LogP contribution in [0.15, 0.2) is 47.2 Å². The Balaban J connectivity index is 1.72. The lowest BCUT2D eigenvalue weighted by molar-refractivity contribution is -0.00236. The second-order valence-corrected chi connectivity index (χ2v) is 8.33. The summed E-state index contributed by atoms with van der Waals surface area (Å²) in [6.07, 6.45) is 6.45. The molecule has 2 aliphatic rings. The Morgan fingerprint density at radius 1 is 1.34 bits per heavy atom. The van der Waals surface area contributed by atoms with E-state index in [1.807, 2.05) is 32.9 Å². The number of aromatic hydroxyl groups is 1. The van der Waals surface area contributed by atoms with Gasteiger partial charge in [-0.3, -0.25) is 4.90 Å². The Bertz CT molecular complexity index is 954. The minimum absolute atomic E-state index is 0.0107. The highest BCUT2D eigenvalue weighted by molar-refractivity contribution is 5.78. The van der Waals surface area contributed by atoms with Gasteiger partial charge < -0.3 is 25.6 Å². The molecule has 0 bridgehead atoms. The molecule has 1 saturated heterocycles. The van der Waals surface area contributed by atoms with Crippen LogP contribution in [-0.2, 0) is 6.42 Å². The Morgan fingerprint density at radius 3 is 2.75 bits per heavy atom. The maximum atomic E-state index is 12.8. The average molecular weight is 443 g/mol. The molecule has 1 aromatic carbocycles. The molecule has 0 spiro atoms. The van der Waals surface area contributed by atoms with E-state index < -0.39 is 18.7 Å². The third-order valence-corrected chi connectivity index (χ3v) is 5.66. The summed E-state index contributed by atoms with van der Waals surface area (Å²) in [5, 5.41) is 29.8. The number of rotatable bonds is 6. The van der Waals surface area contributed by atoms with Gasteiger partial charge in [0.2, 0.25) is 0 Å². The van der Waals surface area contributed by atoms with Crippen molar-refractivity contribution in [2.45, 2.75) is 72.6 Å². The zero-order chi connectivity index (χ0) is 23.4. The molecule has 0 aromatic heterocycles. The molecule has 3 rings (SSSR count). The van der Waals surface area contributed by atoms with Crippen molar-refractivity contribution in [3.8, 4) is 11.5 Å². The molecule has 174 valence electrons.